The van der Waals surface area contributed by atoms with Crippen molar-refractivity contribution in [2.24, 2.45) is 0 Å². The topological polar surface area (TPSA) is 49.4 Å². The van der Waals surface area contributed by atoms with Gasteiger partial charge in [-0.25, -0.2) is 4.39 Å². The van der Waals surface area contributed by atoms with Crippen molar-refractivity contribution in [1.82, 2.24) is 5.32 Å². The third-order valence-electron chi connectivity index (χ3n) is 3.63. The van der Waals surface area contributed by atoms with Crippen LogP contribution in [0, 0.1) is 12.7 Å². The summed E-state index contributed by atoms with van der Waals surface area (Å²) in [5, 5.41) is 2.70. The third kappa shape index (κ3) is 2.40. The third-order valence-corrected chi connectivity index (χ3v) is 3.63. The Bertz CT molecular complexity index is 524. The highest BCUT2D eigenvalue weighted by molar-refractivity contribution is 6.08. The number of rotatable bonds is 3. The van der Waals surface area contributed by atoms with Crippen molar-refractivity contribution in [3.63, 3.8) is 0 Å². The summed E-state index contributed by atoms with van der Waals surface area (Å²) in [6.07, 6.45) is 1.33. The van der Waals surface area contributed by atoms with Crippen LogP contribution < -0.4 is 10.2 Å². The average molecular weight is 278 g/mol. The van der Waals surface area contributed by atoms with Gasteiger partial charge in [-0.3, -0.25) is 14.5 Å². The highest BCUT2D eigenvalue weighted by Crippen LogP contribution is 2.28. The largest absolute Gasteiger partial charge is 0.342 e. The number of hydrogen-bond donors (Lipinski definition) is 1. The molecule has 1 aromatic rings. The molecule has 1 aliphatic rings. The van der Waals surface area contributed by atoms with Crippen molar-refractivity contribution in [2.75, 3.05) is 4.90 Å². The van der Waals surface area contributed by atoms with Gasteiger partial charge >= 0.3 is 0 Å². The maximum Gasteiger partial charge on any atom is 0.250 e. The van der Waals surface area contributed by atoms with E-state index < -0.39 is 17.9 Å². The summed E-state index contributed by atoms with van der Waals surface area (Å²) < 4.78 is 14.1. The number of piperazine rings is 1. The Kier molecular flexibility index (Phi) is 4.06. The second-order valence-corrected chi connectivity index (χ2v) is 5.14. The lowest BCUT2D eigenvalue weighted by Gasteiger charge is -2.38. The standard InChI is InChI=1S/C15H19FN2O2/c1-4-6-12-15(20)18(10(3)14(19)17-12)13-9(2)7-5-8-11(13)16/h5,7-8,10,12H,4,6H2,1-3H3,(H,17,19). The van der Waals surface area contributed by atoms with Crippen LogP contribution in [-0.4, -0.2) is 23.9 Å². The second kappa shape index (κ2) is 5.61. The first-order valence-electron chi connectivity index (χ1n) is 6.86. The van der Waals surface area contributed by atoms with E-state index in [-0.39, 0.29) is 17.5 Å². The summed E-state index contributed by atoms with van der Waals surface area (Å²) in [6, 6.07) is 3.37. The first-order valence-corrected chi connectivity index (χ1v) is 6.86. The van der Waals surface area contributed by atoms with Crippen LogP contribution in [0.25, 0.3) is 0 Å². The zero-order chi connectivity index (χ0) is 14.9. The maximum atomic E-state index is 14.1. The Morgan fingerprint density at radius 1 is 1.35 bits per heavy atom. The lowest BCUT2D eigenvalue weighted by molar-refractivity contribution is -0.133. The summed E-state index contributed by atoms with van der Waals surface area (Å²) in [4.78, 5) is 25.8. The molecule has 0 aromatic heterocycles. The average Bonchev–Trinajstić information content (AvgIpc) is 2.39. The molecule has 2 atom stereocenters. The molecule has 4 nitrogen and oxygen atoms in total. The van der Waals surface area contributed by atoms with E-state index in [1.807, 2.05) is 6.92 Å². The van der Waals surface area contributed by atoms with E-state index in [0.29, 0.717) is 12.0 Å². The molecule has 2 amide bonds. The Labute approximate surface area is 118 Å². The molecule has 108 valence electrons. The number of aryl methyl sites for hydroxylation is 1. The lowest BCUT2D eigenvalue weighted by atomic mass is 10.0. The molecule has 0 bridgehead atoms. The summed E-state index contributed by atoms with van der Waals surface area (Å²) in [5.74, 6) is -0.965. The molecule has 1 aliphatic heterocycles. The van der Waals surface area contributed by atoms with Gasteiger partial charge in [0.1, 0.15) is 17.9 Å². The molecule has 0 aliphatic carbocycles. The van der Waals surface area contributed by atoms with Crippen LogP contribution >= 0.6 is 0 Å². The molecule has 20 heavy (non-hydrogen) atoms. The summed E-state index contributed by atoms with van der Waals surface area (Å²) in [5.41, 5.74) is 0.858. The molecule has 0 saturated carbocycles. The van der Waals surface area contributed by atoms with Gasteiger partial charge in [0, 0.05) is 0 Å². The minimum absolute atomic E-state index is 0.209. The highest BCUT2D eigenvalue weighted by atomic mass is 19.1. The van der Waals surface area contributed by atoms with Gasteiger partial charge in [0.25, 0.3) is 0 Å². The number of nitrogens with one attached hydrogen (secondary N) is 1. The molecule has 1 fully saturated rings. The van der Waals surface area contributed by atoms with Gasteiger partial charge in [-0.1, -0.05) is 25.5 Å². The van der Waals surface area contributed by atoms with Crippen molar-refractivity contribution in [3.05, 3.63) is 29.6 Å². The maximum absolute atomic E-state index is 14.1. The summed E-state index contributed by atoms with van der Waals surface area (Å²) in [6.45, 7) is 5.29. The minimum atomic E-state index is -0.703. The Balaban J connectivity index is 2.46. The van der Waals surface area contributed by atoms with Gasteiger partial charge < -0.3 is 5.32 Å². The summed E-state index contributed by atoms with van der Waals surface area (Å²) in [7, 11) is 0. The molecule has 1 heterocycles. The van der Waals surface area contributed by atoms with Crippen LogP contribution in [0.5, 0.6) is 0 Å². The van der Waals surface area contributed by atoms with E-state index in [1.54, 1.807) is 26.0 Å². The molecule has 2 unspecified atom stereocenters. The molecule has 5 heteroatoms. The smallest absolute Gasteiger partial charge is 0.250 e. The van der Waals surface area contributed by atoms with Crippen molar-refractivity contribution >= 4 is 17.5 Å². The normalized spacial score (nSPS) is 22.9. The van der Waals surface area contributed by atoms with Gasteiger partial charge in [-0.05, 0) is 31.9 Å². The van der Waals surface area contributed by atoms with Crippen LogP contribution in [0.4, 0.5) is 10.1 Å². The van der Waals surface area contributed by atoms with Gasteiger partial charge in [0.15, 0.2) is 0 Å². The number of anilines is 1. The molecular weight excluding hydrogens is 259 g/mol. The SMILES string of the molecule is CCCC1NC(=O)C(C)N(c2c(C)cccc2F)C1=O. The molecule has 0 spiro atoms. The van der Waals surface area contributed by atoms with E-state index in [9.17, 15) is 14.0 Å². The fraction of sp³-hybridized carbons (Fsp3) is 0.467. The second-order valence-electron chi connectivity index (χ2n) is 5.14. The van der Waals surface area contributed by atoms with E-state index in [4.69, 9.17) is 0 Å². The van der Waals surface area contributed by atoms with Crippen LogP contribution in [0.1, 0.15) is 32.3 Å². The molecule has 1 N–H and O–H groups in total. The first kappa shape index (κ1) is 14.5. The number of hydrogen-bond acceptors (Lipinski definition) is 2. The lowest BCUT2D eigenvalue weighted by Crippen LogP contribution is -2.63. The minimum Gasteiger partial charge on any atom is -0.342 e. The number of amides is 2. The van der Waals surface area contributed by atoms with Crippen LogP contribution in [-0.2, 0) is 9.59 Å². The number of halogens is 1. The van der Waals surface area contributed by atoms with Crippen molar-refractivity contribution in [1.29, 1.82) is 0 Å². The van der Waals surface area contributed by atoms with E-state index >= 15 is 0 Å². The fourth-order valence-electron chi connectivity index (χ4n) is 2.55. The first-order chi connectivity index (χ1) is 9.47. The molecule has 1 saturated heterocycles. The van der Waals surface area contributed by atoms with Crippen LogP contribution in [0.2, 0.25) is 0 Å². The molecule has 0 radical (unpaired) electrons. The van der Waals surface area contributed by atoms with E-state index in [0.717, 1.165) is 6.42 Å². The van der Waals surface area contributed by atoms with Crippen molar-refractivity contribution < 1.29 is 14.0 Å². The fourth-order valence-corrected chi connectivity index (χ4v) is 2.55. The van der Waals surface area contributed by atoms with Crippen molar-refractivity contribution in [3.8, 4) is 0 Å². The monoisotopic (exact) mass is 278 g/mol. The van der Waals surface area contributed by atoms with E-state index in [2.05, 4.69) is 5.32 Å². The number of carbonyl (C=O) groups is 2. The van der Waals surface area contributed by atoms with Crippen LogP contribution in [0.3, 0.4) is 0 Å². The number of carbonyl (C=O) groups excluding carboxylic acids is 2. The number of benzene rings is 1. The van der Waals surface area contributed by atoms with Gasteiger partial charge in [-0.15, -0.1) is 0 Å². The molecule has 1 aromatic carbocycles. The molecule has 2 rings (SSSR count). The zero-order valence-electron chi connectivity index (χ0n) is 11.9. The quantitative estimate of drug-likeness (QED) is 0.921. The molecular formula is C15H19FN2O2. The zero-order valence-corrected chi connectivity index (χ0v) is 11.9. The Hall–Kier alpha value is -1.91. The highest BCUT2D eigenvalue weighted by Gasteiger charge is 2.39. The number of para-hydroxylation sites is 1. The summed E-state index contributed by atoms with van der Waals surface area (Å²) >= 11 is 0. The predicted octanol–water partition coefficient (Wildman–Crippen LogP) is 2.15. The van der Waals surface area contributed by atoms with E-state index in [1.165, 1.54) is 11.0 Å². The van der Waals surface area contributed by atoms with Crippen molar-refractivity contribution in [2.45, 2.75) is 45.7 Å². The Morgan fingerprint density at radius 2 is 2.05 bits per heavy atom. The number of nitrogens with zero attached hydrogens (tertiary/aromatic N) is 1. The predicted molar refractivity (Wildman–Crippen MR) is 74.9 cm³/mol. The van der Waals surface area contributed by atoms with Crippen LogP contribution in [0.15, 0.2) is 18.2 Å². The van der Waals surface area contributed by atoms with Gasteiger partial charge in [-0.2, -0.15) is 0 Å². The van der Waals surface area contributed by atoms with Gasteiger partial charge in [0.2, 0.25) is 11.8 Å². The Morgan fingerprint density at radius 3 is 2.65 bits per heavy atom. The van der Waals surface area contributed by atoms with Gasteiger partial charge in [0.05, 0.1) is 5.69 Å².